The van der Waals surface area contributed by atoms with Gasteiger partial charge in [-0.2, -0.15) is 0 Å². The lowest BCUT2D eigenvalue weighted by molar-refractivity contribution is -0.122. The molecule has 45 heavy (non-hydrogen) atoms. The molecule has 0 spiro atoms. The lowest BCUT2D eigenvalue weighted by atomic mass is 10.1. The number of nitrogens with one attached hydrogen (secondary N) is 1. The zero-order chi connectivity index (χ0) is 32.1. The minimum absolute atomic E-state index is 0.198. The van der Waals surface area contributed by atoms with E-state index in [-0.39, 0.29) is 17.9 Å². The van der Waals surface area contributed by atoms with Gasteiger partial charge in [-0.15, -0.1) is 0 Å². The second-order valence-electron chi connectivity index (χ2n) is 10.4. The molecule has 0 aliphatic carbocycles. The summed E-state index contributed by atoms with van der Waals surface area (Å²) in [6, 6.07) is 22.7. The Morgan fingerprint density at radius 3 is 2.27 bits per heavy atom. The molecule has 0 atom stereocenters. The summed E-state index contributed by atoms with van der Waals surface area (Å²) < 4.78 is 18.6. The van der Waals surface area contributed by atoms with Gasteiger partial charge in [-0.3, -0.25) is 14.9 Å². The maximum Gasteiger partial charge on any atom is 0.335 e. The van der Waals surface area contributed by atoms with Gasteiger partial charge in [-0.05, 0) is 103 Å². The predicted octanol–water partition coefficient (Wildman–Crippen LogP) is 7.78. The number of halogens is 2. The summed E-state index contributed by atoms with van der Waals surface area (Å²) in [7, 11) is 0. The van der Waals surface area contributed by atoms with Gasteiger partial charge in [0.2, 0.25) is 0 Å². The van der Waals surface area contributed by atoms with Crippen molar-refractivity contribution in [2.24, 2.45) is 0 Å². The SMILES string of the molecule is CCOc1cc(/C=C2\C(=O)NC(=O)N(c3ccc(OCc4ccccc4Cl)cc3)C2=O)cc(I)c1OCc1cc(C)cc(C)c1. The third-order valence-electron chi connectivity index (χ3n) is 6.86. The van der Waals surface area contributed by atoms with Crippen molar-refractivity contribution < 1.29 is 28.6 Å². The zero-order valence-electron chi connectivity index (χ0n) is 24.9. The Bertz CT molecular complexity index is 1780. The monoisotopic (exact) mass is 736 g/mol. The van der Waals surface area contributed by atoms with Crippen LogP contribution in [-0.4, -0.2) is 24.5 Å². The van der Waals surface area contributed by atoms with Gasteiger partial charge in [0, 0.05) is 10.6 Å². The fraction of sp³-hybridized carbons (Fsp3) is 0.171. The molecule has 10 heteroatoms. The zero-order valence-corrected chi connectivity index (χ0v) is 27.8. The first-order valence-electron chi connectivity index (χ1n) is 14.2. The number of carbonyl (C=O) groups is 3. The number of urea groups is 1. The summed E-state index contributed by atoms with van der Waals surface area (Å²) in [6.07, 6.45) is 1.44. The van der Waals surface area contributed by atoms with E-state index < -0.39 is 17.8 Å². The molecular weight excluding hydrogens is 707 g/mol. The number of barbiturate groups is 1. The van der Waals surface area contributed by atoms with Crippen LogP contribution in [-0.2, 0) is 22.8 Å². The van der Waals surface area contributed by atoms with E-state index in [1.165, 1.54) is 6.08 Å². The minimum Gasteiger partial charge on any atom is -0.490 e. The fourth-order valence-corrected chi connectivity index (χ4v) is 5.88. The number of hydrogen-bond donors (Lipinski definition) is 1. The number of ether oxygens (including phenoxy) is 3. The average Bonchev–Trinajstić information content (AvgIpc) is 2.99. The van der Waals surface area contributed by atoms with Crippen molar-refractivity contribution in [1.29, 1.82) is 0 Å². The van der Waals surface area contributed by atoms with Crippen LogP contribution in [0.2, 0.25) is 5.02 Å². The highest BCUT2D eigenvalue weighted by Gasteiger charge is 2.37. The summed E-state index contributed by atoms with van der Waals surface area (Å²) in [4.78, 5) is 40.1. The lowest BCUT2D eigenvalue weighted by Gasteiger charge is -2.26. The highest BCUT2D eigenvalue weighted by molar-refractivity contribution is 14.1. The van der Waals surface area contributed by atoms with Crippen LogP contribution in [0.3, 0.4) is 0 Å². The third kappa shape index (κ3) is 7.66. The molecule has 4 amide bonds. The van der Waals surface area contributed by atoms with Crippen LogP contribution in [0.5, 0.6) is 17.2 Å². The Morgan fingerprint density at radius 2 is 1.58 bits per heavy atom. The molecule has 0 aromatic heterocycles. The number of imide groups is 2. The first-order valence-corrected chi connectivity index (χ1v) is 15.6. The van der Waals surface area contributed by atoms with E-state index >= 15 is 0 Å². The van der Waals surface area contributed by atoms with Gasteiger partial charge >= 0.3 is 6.03 Å². The Labute approximate surface area is 280 Å². The molecular formula is C35H30ClIN2O6. The third-order valence-corrected chi connectivity index (χ3v) is 8.03. The van der Waals surface area contributed by atoms with Crippen molar-refractivity contribution in [3.05, 3.63) is 121 Å². The van der Waals surface area contributed by atoms with Gasteiger partial charge < -0.3 is 14.2 Å². The molecule has 230 valence electrons. The molecule has 0 unspecified atom stereocenters. The molecule has 0 bridgehead atoms. The van der Waals surface area contributed by atoms with Crippen LogP contribution in [0.4, 0.5) is 10.5 Å². The largest absolute Gasteiger partial charge is 0.490 e. The second-order valence-corrected chi connectivity index (χ2v) is 11.9. The molecule has 8 nitrogen and oxygen atoms in total. The Balaban J connectivity index is 1.36. The molecule has 1 aliphatic rings. The van der Waals surface area contributed by atoms with Crippen molar-refractivity contribution in [3.8, 4) is 17.2 Å². The molecule has 0 radical (unpaired) electrons. The number of amides is 4. The van der Waals surface area contributed by atoms with Crippen LogP contribution in [0.15, 0.2) is 84.4 Å². The molecule has 1 fully saturated rings. The summed E-state index contributed by atoms with van der Waals surface area (Å²) in [5, 5.41) is 2.86. The van der Waals surface area contributed by atoms with Gasteiger partial charge in [0.05, 0.1) is 15.9 Å². The minimum atomic E-state index is -0.841. The molecule has 1 aliphatic heterocycles. The number of anilines is 1. The summed E-state index contributed by atoms with van der Waals surface area (Å²) in [5.41, 5.74) is 4.78. The summed E-state index contributed by atoms with van der Waals surface area (Å²) in [6.45, 7) is 6.93. The second kappa shape index (κ2) is 14.2. The van der Waals surface area contributed by atoms with Crippen molar-refractivity contribution in [2.75, 3.05) is 11.5 Å². The van der Waals surface area contributed by atoms with Crippen LogP contribution >= 0.6 is 34.2 Å². The van der Waals surface area contributed by atoms with E-state index in [0.717, 1.165) is 30.7 Å². The first-order chi connectivity index (χ1) is 21.6. The van der Waals surface area contributed by atoms with E-state index in [1.54, 1.807) is 42.5 Å². The van der Waals surface area contributed by atoms with Gasteiger partial charge in [0.15, 0.2) is 11.5 Å². The van der Waals surface area contributed by atoms with Gasteiger partial charge in [0.25, 0.3) is 11.8 Å². The highest BCUT2D eigenvalue weighted by Crippen LogP contribution is 2.36. The molecule has 1 heterocycles. The number of benzene rings is 4. The van der Waals surface area contributed by atoms with Crippen LogP contribution in [0.25, 0.3) is 6.08 Å². The van der Waals surface area contributed by atoms with Crippen molar-refractivity contribution in [2.45, 2.75) is 34.0 Å². The van der Waals surface area contributed by atoms with Gasteiger partial charge in [0.1, 0.15) is 24.5 Å². The summed E-state index contributed by atoms with van der Waals surface area (Å²) >= 11 is 8.35. The first kappa shape index (κ1) is 32.1. The van der Waals surface area contributed by atoms with E-state index in [9.17, 15) is 14.4 Å². The molecule has 4 aromatic rings. The Hall–Kier alpha value is -4.35. The van der Waals surface area contributed by atoms with Crippen molar-refractivity contribution in [1.82, 2.24) is 5.32 Å². The van der Waals surface area contributed by atoms with Crippen molar-refractivity contribution in [3.63, 3.8) is 0 Å². The number of carbonyl (C=O) groups excluding carboxylic acids is 3. The Kier molecular flexibility index (Phi) is 10.1. The number of aryl methyl sites for hydroxylation is 2. The van der Waals surface area contributed by atoms with E-state index in [1.807, 2.05) is 39.0 Å². The van der Waals surface area contributed by atoms with Crippen LogP contribution in [0, 0.1) is 17.4 Å². The lowest BCUT2D eigenvalue weighted by Crippen LogP contribution is -2.54. The Morgan fingerprint density at radius 1 is 0.867 bits per heavy atom. The highest BCUT2D eigenvalue weighted by atomic mass is 127. The number of rotatable bonds is 10. The fourth-order valence-electron chi connectivity index (χ4n) is 4.91. The number of nitrogens with zero attached hydrogens (tertiary/aromatic N) is 1. The molecule has 0 saturated carbocycles. The normalized spacial score (nSPS) is 14.0. The van der Waals surface area contributed by atoms with Crippen LogP contribution in [0.1, 0.15) is 34.7 Å². The summed E-state index contributed by atoms with van der Waals surface area (Å²) in [5.74, 6) is 0.0188. The maximum atomic E-state index is 13.5. The molecule has 4 aromatic carbocycles. The average molecular weight is 737 g/mol. The smallest absolute Gasteiger partial charge is 0.335 e. The van der Waals surface area contributed by atoms with Gasteiger partial charge in [-0.25, -0.2) is 9.69 Å². The molecule has 5 rings (SSSR count). The van der Waals surface area contributed by atoms with E-state index in [2.05, 4.69) is 46.1 Å². The van der Waals surface area contributed by atoms with E-state index in [0.29, 0.717) is 41.0 Å². The maximum absolute atomic E-state index is 13.5. The van der Waals surface area contributed by atoms with Crippen LogP contribution < -0.4 is 24.4 Å². The van der Waals surface area contributed by atoms with Gasteiger partial charge in [-0.1, -0.05) is 59.1 Å². The standard InChI is InChI=1S/C35H30ClIN2O6/c1-4-43-31-18-23(17-30(37)32(31)45-19-24-14-21(2)13-22(3)15-24)16-28-33(40)38-35(42)39(34(28)41)26-9-11-27(12-10-26)44-20-25-7-5-6-8-29(25)36/h5-18H,4,19-20H2,1-3H3,(H,38,40,42)/b28-16+. The predicted molar refractivity (Wildman–Crippen MR) is 182 cm³/mol. The van der Waals surface area contributed by atoms with E-state index in [4.69, 9.17) is 25.8 Å². The van der Waals surface area contributed by atoms with Crippen molar-refractivity contribution >= 4 is 63.8 Å². The number of hydrogen-bond acceptors (Lipinski definition) is 6. The molecule has 1 saturated heterocycles. The molecule has 1 N–H and O–H groups in total. The topological polar surface area (TPSA) is 94.2 Å². The quantitative estimate of drug-likeness (QED) is 0.102.